The molecule has 0 radical (unpaired) electrons. The number of nitrogens with zero attached hydrogens (tertiary/aromatic N) is 2. The quantitative estimate of drug-likeness (QED) is 0.720. The molecule has 0 heterocycles. The van der Waals surface area contributed by atoms with Crippen molar-refractivity contribution in [2.45, 2.75) is 0 Å². The normalized spacial score (nSPS) is 9.85. The van der Waals surface area contributed by atoms with Gasteiger partial charge in [-0.15, -0.1) is 0 Å². The van der Waals surface area contributed by atoms with Crippen molar-refractivity contribution in [2.24, 2.45) is 0 Å². The van der Waals surface area contributed by atoms with Gasteiger partial charge in [-0.2, -0.15) is 0 Å². The Balaban J connectivity index is 2.92. The number of hydrogen-bond donors (Lipinski definition) is 3. The number of carbonyl (C=O) groups is 3. The summed E-state index contributed by atoms with van der Waals surface area (Å²) in [7, 11) is 1.35. The molecule has 1 aromatic rings. The summed E-state index contributed by atoms with van der Waals surface area (Å²) in [5.41, 5.74) is 0.316. The van der Waals surface area contributed by atoms with Crippen LogP contribution >= 0.6 is 0 Å². The van der Waals surface area contributed by atoms with E-state index >= 15 is 0 Å². The Morgan fingerprint density at radius 3 is 2.10 bits per heavy atom. The lowest BCUT2D eigenvalue weighted by molar-refractivity contribution is -0.140. The Morgan fingerprint density at radius 1 is 1.10 bits per heavy atom. The minimum absolute atomic E-state index is 0.0647. The summed E-state index contributed by atoms with van der Waals surface area (Å²) in [6.07, 6.45) is 0. The van der Waals surface area contributed by atoms with Crippen LogP contribution in [0.3, 0.4) is 0 Å². The van der Waals surface area contributed by atoms with E-state index in [1.165, 1.54) is 31.3 Å². The molecule has 1 rings (SSSR count). The van der Waals surface area contributed by atoms with Crippen LogP contribution in [0.4, 0.5) is 10.5 Å². The van der Waals surface area contributed by atoms with Crippen LogP contribution in [0.1, 0.15) is 0 Å². The standard InChI is InChI=1S/C12H14N2O6/c1-13(8-3-2-4-9(15)5-8)12(20)14(6-10(16)17)7-11(18)19/h2-5,15H,6-7H2,1H3,(H,16,17)(H,18,19). The highest BCUT2D eigenvalue weighted by Gasteiger charge is 2.23. The molecule has 0 atom stereocenters. The van der Waals surface area contributed by atoms with Gasteiger partial charge in [0.25, 0.3) is 0 Å². The second-order valence-electron chi connectivity index (χ2n) is 4.00. The monoisotopic (exact) mass is 282 g/mol. The number of aromatic hydroxyl groups is 1. The average molecular weight is 282 g/mol. The van der Waals surface area contributed by atoms with Crippen LogP contribution in [0.2, 0.25) is 0 Å². The average Bonchev–Trinajstić information content (AvgIpc) is 2.35. The van der Waals surface area contributed by atoms with Crippen molar-refractivity contribution in [3.8, 4) is 5.75 Å². The summed E-state index contributed by atoms with van der Waals surface area (Å²) < 4.78 is 0. The third kappa shape index (κ3) is 4.16. The summed E-state index contributed by atoms with van der Waals surface area (Å²) in [6, 6.07) is 4.95. The van der Waals surface area contributed by atoms with Crippen molar-refractivity contribution < 1.29 is 29.7 Å². The smallest absolute Gasteiger partial charge is 0.325 e. The zero-order chi connectivity index (χ0) is 15.3. The lowest BCUT2D eigenvalue weighted by Crippen LogP contribution is -2.46. The number of carbonyl (C=O) groups excluding carboxylic acids is 1. The number of hydrogen-bond acceptors (Lipinski definition) is 4. The first-order valence-electron chi connectivity index (χ1n) is 5.56. The fraction of sp³-hybridized carbons (Fsp3) is 0.250. The van der Waals surface area contributed by atoms with Crippen molar-refractivity contribution in [3.05, 3.63) is 24.3 Å². The minimum Gasteiger partial charge on any atom is -0.508 e. The van der Waals surface area contributed by atoms with E-state index in [-0.39, 0.29) is 5.75 Å². The molecule has 0 bridgehead atoms. The molecule has 0 aliphatic heterocycles. The van der Waals surface area contributed by atoms with Gasteiger partial charge >= 0.3 is 18.0 Å². The molecule has 0 unspecified atom stereocenters. The maximum Gasteiger partial charge on any atom is 0.325 e. The number of benzene rings is 1. The second-order valence-corrected chi connectivity index (χ2v) is 4.00. The topological polar surface area (TPSA) is 118 Å². The summed E-state index contributed by atoms with van der Waals surface area (Å²) in [4.78, 5) is 35.1. The Bertz CT molecular complexity index is 514. The predicted molar refractivity (Wildman–Crippen MR) is 68.8 cm³/mol. The van der Waals surface area contributed by atoms with Crippen LogP contribution < -0.4 is 4.90 Å². The van der Waals surface area contributed by atoms with Gasteiger partial charge in [0, 0.05) is 18.8 Å². The Labute approximate surface area is 114 Å². The molecule has 0 saturated carbocycles. The van der Waals surface area contributed by atoms with Crippen LogP contribution in [-0.4, -0.2) is 58.3 Å². The van der Waals surface area contributed by atoms with E-state index in [2.05, 4.69) is 0 Å². The molecule has 0 aromatic heterocycles. The fourth-order valence-corrected chi connectivity index (χ4v) is 1.54. The highest BCUT2D eigenvalue weighted by atomic mass is 16.4. The van der Waals surface area contributed by atoms with E-state index < -0.39 is 31.1 Å². The molecule has 0 saturated heterocycles. The summed E-state index contributed by atoms with van der Waals surface area (Å²) in [6.45, 7) is -1.46. The molecular weight excluding hydrogens is 268 g/mol. The molecule has 1 aromatic carbocycles. The summed E-state index contributed by atoms with van der Waals surface area (Å²) >= 11 is 0. The van der Waals surface area contributed by atoms with E-state index in [0.29, 0.717) is 10.6 Å². The number of rotatable bonds is 5. The molecule has 2 amide bonds. The van der Waals surface area contributed by atoms with Gasteiger partial charge in [0.1, 0.15) is 18.8 Å². The molecule has 3 N–H and O–H groups in total. The second kappa shape index (κ2) is 6.41. The number of phenols is 1. The molecular formula is C12H14N2O6. The van der Waals surface area contributed by atoms with Crippen LogP contribution in [0, 0.1) is 0 Å². The van der Waals surface area contributed by atoms with Crippen molar-refractivity contribution in [2.75, 3.05) is 25.0 Å². The first kappa shape index (κ1) is 15.3. The van der Waals surface area contributed by atoms with Crippen LogP contribution in [0.5, 0.6) is 5.75 Å². The zero-order valence-electron chi connectivity index (χ0n) is 10.7. The first-order chi connectivity index (χ1) is 9.31. The lowest BCUT2D eigenvalue weighted by atomic mass is 10.3. The van der Waals surface area contributed by atoms with Gasteiger partial charge in [-0.1, -0.05) is 6.07 Å². The number of phenolic OH excluding ortho intramolecular Hbond substituents is 1. The zero-order valence-corrected chi connectivity index (χ0v) is 10.7. The van der Waals surface area contributed by atoms with E-state index in [1.807, 2.05) is 0 Å². The molecule has 0 aliphatic rings. The van der Waals surface area contributed by atoms with Crippen LogP contribution in [0.25, 0.3) is 0 Å². The van der Waals surface area contributed by atoms with Gasteiger partial charge in [-0.25, -0.2) is 4.79 Å². The highest BCUT2D eigenvalue weighted by Crippen LogP contribution is 2.19. The molecule has 8 heteroatoms. The Hall–Kier alpha value is -2.77. The third-order valence-corrected chi connectivity index (χ3v) is 2.43. The molecule has 8 nitrogen and oxygen atoms in total. The molecule has 0 aliphatic carbocycles. The van der Waals surface area contributed by atoms with Crippen molar-refractivity contribution in [1.82, 2.24) is 4.90 Å². The molecule has 0 spiro atoms. The Kier molecular flexibility index (Phi) is 4.90. The van der Waals surface area contributed by atoms with Gasteiger partial charge < -0.3 is 20.2 Å². The summed E-state index contributed by atoms with van der Waals surface area (Å²) in [5.74, 6) is -2.70. The molecule has 20 heavy (non-hydrogen) atoms. The lowest BCUT2D eigenvalue weighted by Gasteiger charge is -2.25. The van der Waals surface area contributed by atoms with Crippen molar-refractivity contribution in [1.29, 1.82) is 0 Å². The van der Waals surface area contributed by atoms with Crippen LogP contribution in [-0.2, 0) is 9.59 Å². The number of urea groups is 1. The Morgan fingerprint density at radius 2 is 1.65 bits per heavy atom. The van der Waals surface area contributed by atoms with Gasteiger partial charge in [0.2, 0.25) is 0 Å². The number of carboxylic acid groups (broad SMARTS) is 2. The highest BCUT2D eigenvalue weighted by molar-refractivity contribution is 5.95. The maximum absolute atomic E-state index is 12.1. The predicted octanol–water partition coefficient (Wildman–Crippen LogP) is 0.420. The largest absolute Gasteiger partial charge is 0.508 e. The van der Waals surface area contributed by atoms with E-state index in [9.17, 15) is 19.5 Å². The number of anilines is 1. The molecule has 0 fully saturated rings. The number of aliphatic carboxylic acids is 2. The van der Waals surface area contributed by atoms with Crippen molar-refractivity contribution in [3.63, 3.8) is 0 Å². The number of carboxylic acids is 2. The van der Waals surface area contributed by atoms with Gasteiger partial charge in [0.05, 0.1) is 0 Å². The van der Waals surface area contributed by atoms with Crippen molar-refractivity contribution >= 4 is 23.7 Å². The van der Waals surface area contributed by atoms with E-state index in [4.69, 9.17) is 10.2 Å². The van der Waals surface area contributed by atoms with Gasteiger partial charge in [-0.3, -0.25) is 14.5 Å². The summed E-state index contributed by atoms with van der Waals surface area (Å²) in [5, 5.41) is 26.7. The number of amides is 2. The third-order valence-electron chi connectivity index (χ3n) is 2.43. The van der Waals surface area contributed by atoms with Gasteiger partial charge in [0.15, 0.2) is 0 Å². The maximum atomic E-state index is 12.1. The minimum atomic E-state index is -1.32. The first-order valence-corrected chi connectivity index (χ1v) is 5.56. The van der Waals surface area contributed by atoms with Crippen LogP contribution in [0.15, 0.2) is 24.3 Å². The van der Waals surface area contributed by atoms with E-state index in [0.717, 1.165) is 4.90 Å². The fourth-order valence-electron chi connectivity index (χ4n) is 1.54. The SMILES string of the molecule is CN(C(=O)N(CC(=O)O)CC(=O)O)c1cccc(O)c1. The van der Waals surface area contributed by atoms with E-state index in [1.54, 1.807) is 0 Å². The van der Waals surface area contributed by atoms with Gasteiger partial charge in [-0.05, 0) is 12.1 Å². The molecule has 108 valence electrons.